The smallest absolute Gasteiger partial charge is 0.347 e. The number of fused-ring (bicyclic) bond motifs is 1. The zero-order valence-electron chi connectivity index (χ0n) is 20.8. The second-order valence-electron chi connectivity index (χ2n) is 8.86. The summed E-state index contributed by atoms with van der Waals surface area (Å²) >= 11 is 3.42. The molecule has 3 rings (SSSR count). The molecule has 9 heteroatoms. The average Bonchev–Trinajstić information content (AvgIpc) is 2.79. The number of ether oxygens (including phenoxy) is 3. The van der Waals surface area contributed by atoms with Gasteiger partial charge >= 0.3 is 5.97 Å². The van der Waals surface area contributed by atoms with Crippen LogP contribution in [0.25, 0.3) is 10.9 Å². The number of hydrogen-bond donors (Lipinski definition) is 0. The Bertz CT molecular complexity index is 1310. The Morgan fingerprint density at radius 2 is 1.89 bits per heavy atom. The summed E-state index contributed by atoms with van der Waals surface area (Å²) in [5.41, 5.74) is 0.622. The largest absolute Gasteiger partial charge is 0.490 e. The Kier molecular flexibility index (Phi) is 8.32. The third kappa shape index (κ3) is 6.28. The van der Waals surface area contributed by atoms with Crippen LogP contribution in [-0.2, 0) is 14.9 Å². The van der Waals surface area contributed by atoms with Crippen molar-refractivity contribution in [2.45, 2.75) is 53.1 Å². The predicted octanol–water partition coefficient (Wildman–Crippen LogP) is 5.07. The topological polar surface area (TPSA) is 92.0 Å². The van der Waals surface area contributed by atoms with Crippen LogP contribution in [0.15, 0.2) is 50.8 Å². The number of hydrogen-bond acceptors (Lipinski definition) is 7. The number of halogens is 1. The number of aromatic nitrogens is 2. The molecule has 0 aliphatic carbocycles. The first-order valence-electron chi connectivity index (χ1n) is 11.4. The zero-order valence-corrected chi connectivity index (χ0v) is 22.4. The highest BCUT2D eigenvalue weighted by Crippen LogP contribution is 2.29. The van der Waals surface area contributed by atoms with Crippen LogP contribution >= 0.6 is 15.9 Å². The number of rotatable bonds is 8. The second kappa shape index (κ2) is 11.0. The first kappa shape index (κ1) is 26.4. The van der Waals surface area contributed by atoms with Crippen LogP contribution in [0.3, 0.4) is 0 Å². The van der Waals surface area contributed by atoms with Crippen LogP contribution in [0.2, 0.25) is 0 Å². The monoisotopic (exact) mass is 543 g/mol. The lowest BCUT2D eigenvalue weighted by Crippen LogP contribution is -2.29. The number of nitrogens with zero attached hydrogens (tertiary/aromatic N) is 3. The van der Waals surface area contributed by atoms with Crippen molar-refractivity contribution in [1.82, 2.24) is 9.66 Å². The molecule has 3 aromatic rings. The van der Waals surface area contributed by atoms with Crippen molar-refractivity contribution in [2.24, 2.45) is 5.10 Å². The average molecular weight is 544 g/mol. The lowest BCUT2D eigenvalue weighted by Gasteiger charge is -2.21. The van der Waals surface area contributed by atoms with E-state index in [0.29, 0.717) is 40.4 Å². The van der Waals surface area contributed by atoms with Gasteiger partial charge in [-0.05, 0) is 62.7 Å². The fraction of sp³-hybridized carbons (Fsp3) is 0.385. The van der Waals surface area contributed by atoms with Crippen LogP contribution < -0.4 is 15.0 Å². The lowest BCUT2D eigenvalue weighted by atomic mass is 9.95. The normalized spacial score (nSPS) is 12.7. The summed E-state index contributed by atoms with van der Waals surface area (Å²) in [5.74, 6) is 0.956. The Morgan fingerprint density at radius 1 is 1.14 bits per heavy atom. The van der Waals surface area contributed by atoms with E-state index < -0.39 is 17.5 Å². The van der Waals surface area contributed by atoms with E-state index in [-0.39, 0.29) is 12.2 Å². The van der Waals surface area contributed by atoms with Gasteiger partial charge in [-0.3, -0.25) is 4.79 Å². The standard InChI is InChI=1S/C26H30BrN3O5/c1-7-33-22-13-17(9-12-21(22)35-16(3)24(32)34-8-2)15-28-30-23(31)19-14-18(27)10-11-20(19)29-25(30)26(4,5)6/h9-16H,7-8H2,1-6H3/t16-/m0/s1. The summed E-state index contributed by atoms with van der Waals surface area (Å²) < 4.78 is 18.6. The van der Waals surface area contributed by atoms with Crippen LogP contribution in [0.4, 0.5) is 0 Å². The Hall–Kier alpha value is -3.20. The Morgan fingerprint density at radius 3 is 2.54 bits per heavy atom. The van der Waals surface area contributed by atoms with Gasteiger partial charge in [0.25, 0.3) is 5.56 Å². The van der Waals surface area contributed by atoms with Gasteiger partial charge in [-0.25, -0.2) is 9.78 Å². The van der Waals surface area contributed by atoms with Crippen molar-refractivity contribution in [3.8, 4) is 11.5 Å². The van der Waals surface area contributed by atoms with Crippen molar-refractivity contribution >= 4 is 39.0 Å². The third-order valence-corrected chi connectivity index (χ3v) is 5.48. The molecule has 186 valence electrons. The van der Waals surface area contributed by atoms with Gasteiger partial charge in [-0.2, -0.15) is 9.78 Å². The summed E-state index contributed by atoms with van der Waals surface area (Å²) in [5, 5.41) is 4.97. The first-order chi connectivity index (χ1) is 16.5. The van der Waals surface area contributed by atoms with Gasteiger partial charge < -0.3 is 14.2 Å². The summed E-state index contributed by atoms with van der Waals surface area (Å²) in [7, 11) is 0. The van der Waals surface area contributed by atoms with E-state index in [4.69, 9.17) is 19.2 Å². The molecule has 2 aromatic carbocycles. The predicted molar refractivity (Wildman–Crippen MR) is 140 cm³/mol. The van der Waals surface area contributed by atoms with E-state index in [1.54, 1.807) is 44.3 Å². The molecule has 0 radical (unpaired) electrons. The molecule has 0 N–H and O–H groups in total. The Labute approximate surface area is 213 Å². The van der Waals surface area contributed by atoms with Crippen LogP contribution in [-0.4, -0.2) is 41.2 Å². The van der Waals surface area contributed by atoms with Crippen molar-refractivity contribution < 1.29 is 19.0 Å². The molecule has 1 heterocycles. The molecular formula is C26H30BrN3O5. The minimum atomic E-state index is -0.787. The molecule has 0 aliphatic rings. The molecule has 0 saturated heterocycles. The molecule has 1 aromatic heterocycles. The van der Waals surface area contributed by atoms with Gasteiger partial charge in [0, 0.05) is 9.89 Å². The Balaban J connectivity index is 2.02. The van der Waals surface area contributed by atoms with Gasteiger partial charge in [0.1, 0.15) is 5.82 Å². The van der Waals surface area contributed by atoms with E-state index >= 15 is 0 Å². The number of carbonyl (C=O) groups excluding carboxylic acids is 1. The number of carbonyl (C=O) groups is 1. The minimum Gasteiger partial charge on any atom is -0.490 e. The minimum absolute atomic E-state index is 0.259. The zero-order chi connectivity index (χ0) is 25.8. The molecule has 0 amide bonds. The summed E-state index contributed by atoms with van der Waals surface area (Å²) in [4.78, 5) is 30.0. The lowest BCUT2D eigenvalue weighted by molar-refractivity contribution is -0.150. The molecule has 8 nitrogen and oxygen atoms in total. The molecule has 1 atom stereocenters. The number of esters is 1. The third-order valence-electron chi connectivity index (χ3n) is 4.99. The van der Waals surface area contributed by atoms with E-state index in [1.807, 2.05) is 39.8 Å². The fourth-order valence-electron chi connectivity index (χ4n) is 3.33. The maximum atomic E-state index is 13.3. The first-order valence-corrected chi connectivity index (χ1v) is 12.2. The van der Waals surface area contributed by atoms with Crippen molar-refractivity contribution in [3.63, 3.8) is 0 Å². The SMILES string of the molecule is CCOC(=O)[C@H](C)Oc1ccc(C=Nn2c(C(C)(C)C)nc3ccc(Br)cc3c2=O)cc1OCC. The van der Waals surface area contributed by atoms with Crippen molar-refractivity contribution in [3.05, 3.63) is 62.6 Å². The quantitative estimate of drug-likeness (QED) is 0.291. The molecule has 0 spiro atoms. The molecular weight excluding hydrogens is 514 g/mol. The van der Waals surface area contributed by atoms with Crippen LogP contribution in [0, 0.1) is 0 Å². The van der Waals surface area contributed by atoms with E-state index in [2.05, 4.69) is 21.0 Å². The fourth-order valence-corrected chi connectivity index (χ4v) is 3.70. The highest BCUT2D eigenvalue weighted by Gasteiger charge is 2.23. The highest BCUT2D eigenvalue weighted by atomic mass is 79.9. The number of benzene rings is 2. The van der Waals surface area contributed by atoms with Crippen LogP contribution in [0.1, 0.15) is 52.9 Å². The van der Waals surface area contributed by atoms with Crippen molar-refractivity contribution in [2.75, 3.05) is 13.2 Å². The molecule has 0 aliphatic heterocycles. The molecule has 0 bridgehead atoms. The van der Waals surface area contributed by atoms with E-state index in [9.17, 15) is 9.59 Å². The molecule has 35 heavy (non-hydrogen) atoms. The molecule has 0 unspecified atom stereocenters. The summed E-state index contributed by atoms with van der Waals surface area (Å²) in [6.07, 6.45) is 0.785. The molecule has 0 fully saturated rings. The van der Waals surface area contributed by atoms with Crippen molar-refractivity contribution in [1.29, 1.82) is 0 Å². The second-order valence-corrected chi connectivity index (χ2v) is 9.78. The van der Waals surface area contributed by atoms with Gasteiger partial charge in [0.2, 0.25) is 0 Å². The van der Waals surface area contributed by atoms with Gasteiger partial charge in [0.05, 0.1) is 30.3 Å². The maximum absolute atomic E-state index is 13.3. The highest BCUT2D eigenvalue weighted by molar-refractivity contribution is 9.10. The van der Waals surface area contributed by atoms with Gasteiger partial charge in [-0.1, -0.05) is 36.7 Å². The summed E-state index contributed by atoms with van der Waals surface area (Å²) in [6, 6.07) is 10.6. The van der Waals surface area contributed by atoms with Crippen LogP contribution in [0.5, 0.6) is 11.5 Å². The van der Waals surface area contributed by atoms with E-state index in [1.165, 1.54) is 4.68 Å². The summed E-state index contributed by atoms with van der Waals surface area (Å²) in [6.45, 7) is 11.8. The van der Waals surface area contributed by atoms with E-state index in [0.717, 1.165) is 4.47 Å². The molecule has 0 saturated carbocycles. The van der Waals surface area contributed by atoms with Gasteiger partial charge in [-0.15, -0.1) is 0 Å². The van der Waals surface area contributed by atoms with Gasteiger partial charge in [0.15, 0.2) is 17.6 Å². The maximum Gasteiger partial charge on any atom is 0.347 e.